The predicted octanol–water partition coefficient (Wildman–Crippen LogP) is 2.49. The molecule has 0 spiro atoms. The lowest BCUT2D eigenvalue weighted by atomic mass is 9.95. The van der Waals surface area contributed by atoms with Crippen molar-refractivity contribution < 1.29 is 14.3 Å². The second kappa shape index (κ2) is 7.28. The van der Waals surface area contributed by atoms with E-state index in [0.717, 1.165) is 24.2 Å². The lowest BCUT2D eigenvalue weighted by Gasteiger charge is -2.29. The highest BCUT2D eigenvalue weighted by atomic mass is 16.5. The summed E-state index contributed by atoms with van der Waals surface area (Å²) in [6, 6.07) is 14.6. The highest BCUT2D eigenvalue weighted by molar-refractivity contribution is 5.99. The number of fused-ring (bicyclic) bond motifs is 1. The molecule has 6 nitrogen and oxygen atoms in total. The average molecular weight is 379 g/mol. The molecule has 2 atom stereocenters. The van der Waals surface area contributed by atoms with Crippen LogP contribution in [0, 0.1) is 5.92 Å². The van der Waals surface area contributed by atoms with Gasteiger partial charge in [0.15, 0.2) is 6.10 Å². The Labute approximate surface area is 164 Å². The van der Waals surface area contributed by atoms with Crippen LogP contribution in [-0.4, -0.2) is 30.0 Å². The van der Waals surface area contributed by atoms with Crippen molar-refractivity contribution >= 4 is 17.5 Å². The first-order valence-corrected chi connectivity index (χ1v) is 9.66. The van der Waals surface area contributed by atoms with E-state index in [9.17, 15) is 9.59 Å². The van der Waals surface area contributed by atoms with E-state index < -0.39 is 6.10 Å². The number of hydrogen-bond acceptors (Lipinski definition) is 4. The smallest absolute Gasteiger partial charge is 0.265 e. The van der Waals surface area contributed by atoms with Crippen LogP contribution in [0.1, 0.15) is 35.7 Å². The second-order valence-corrected chi connectivity index (χ2v) is 7.84. The fraction of sp³-hybridized carbons (Fsp3) is 0.364. The summed E-state index contributed by atoms with van der Waals surface area (Å²) in [6.07, 6.45) is 2.16. The minimum atomic E-state index is -0.565. The number of anilines is 1. The van der Waals surface area contributed by atoms with Crippen LogP contribution in [0.15, 0.2) is 48.5 Å². The Morgan fingerprint density at radius 2 is 1.96 bits per heavy atom. The normalized spacial score (nSPS) is 19.9. The zero-order valence-corrected chi connectivity index (χ0v) is 15.9. The number of nitrogens with one attached hydrogen (secondary N) is 2. The Kier molecular flexibility index (Phi) is 4.81. The molecular formula is C22H25N3O3. The lowest BCUT2D eigenvalue weighted by molar-refractivity contribution is -0.122. The summed E-state index contributed by atoms with van der Waals surface area (Å²) in [4.78, 5) is 25.3. The molecule has 2 aliphatic rings. The van der Waals surface area contributed by atoms with Crippen LogP contribution in [0.25, 0.3) is 0 Å². The van der Waals surface area contributed by atoms with E-state index in [1.807, 2.05) is 31.2 Å². The van der Waals surface area contributed by atoms with Crippen molar-refractivity contribution in [3.8, 4) is 5.75 Å². The van der Waals surface area contributed by atoms with Gasteiger partial charge in [-0.15, -0.1) is 0 Å². The summed E-state index contributed by atoms with van der Waals surface area (Å²) in [5, 5.41) is 5.92. The van der Waals surface area contributed by atoms with E-state index in [1.54, 1.807) is 24.3 Å². The van der Waals surface area contributed by atoms with Gasteiger partial charge in [-0.3, -0.25) is 9.59 Å². The highest BCUT2D eigenvalue weighted by Crippen LogP contribution is 2.39. The van der Waals surface area contributed by atoms with Gasteiger partial charge >= 0.3 is 0 Å². The van der Waals surface area contributed by atoms with E-state index in [-0.39, 0.29) is 17.4 Å². The van der Waals surface area contributed by atoms with Crippen molar-refractivity contribution in [2.24, 2.45) is 11.7 Å². The van der Waals surface area contributed by atoms with E-state index in [0.29, 0.717) is 30.1 Å². The lowest BCUT2D eigenvalue weighted by Crippen LogP contribution is -2.53. The number of rotatable bonds is 6. The first kappa shape index (κ1) is 18.5. The third-order valence-corrected chi connectivity index (χ3v) is 5.63. The third kappa shape index (κ3) is 3.73. The van der Waals surface area contributed by atoms with Gasteiger partial charge < -0.3 is 21.1 Å². The van der Waals surface area contributed by atoms with Gasteiger partial charge in [-0.25, -0.2) is 0 Å². The molecule has 1 saturated carbocycles. The Bertz CT molecular complexity index is 884. The summed E-state index contributed by atoms with van der Waals surface area (Å²) in [5.74, 6) is 0.779. The maximum Gasteiger partial charge on any atom is 0.265 e. The molecule has 0 aromatic heterocycles. The molecule has 0 radical (unpaired) electrons. The van der Waals surface area contributed by atoms with Crippen molar-refractivity contribution in [3.05, 3.63) is 59.7 Å². The number of hydrogen-bond donors (Lipinski definition) is 3. The molecule has 28 heavy (non-hydrogen) atoms. The van der Waals surface area contributed by atoms with Gasteiger partial charge in [0, 0.05) is 24.2 Å². The SMILES string of the molecule is CC(CN)(NC(=O)c1cccc(NC(=O)C2Cc3ccccc3O2)c1)C1CC1. The van der Waals surface area contributed by atoms with Gasteiger partial charge in [0.25, 0.3) is 11.8 Å². The quantitative estimate of drug-likeness (QED) is 0.719. The van der Waals surface area contributed by atoms with Gasteiger partial charge in [0.1, 0.15) is 5.75 Å². The summed E-state index contributed by atoms with van der Waals surface area (Å²) in [5.41, 5.74) is 7.59. The number of carbonyl (C=O) groups excluding carboxylic acids is 2. The van der Waals surface area contributed by atoms with Crippen LogP contribution >= 0.6 is 0 Å². The van der Waals surface area contributed by atoms with Crippen molar-refractivity contribution in [3.63, 3.8) is 0 Å². The first-order chi connectivity index (χ1) is 13.5. The average Bonchev–Trinajstić information content (AvgIpc) is 3.47. The molecule has 1 heterocycles. The minimum absolute atomic E-state index is 0.180. The molecule has 146 valence electrons. The molecular weight excluding hydrogens is 354 g/mol. The van der Waals surface area contributed by atoms with Crippen LogP contribution in [0.5, 0.6) is 5.75 Å². The standard InChI is InChI=1S/C22H25N3O3/c1-22(13-23,16-9-10-16)25-20(26)15-6-4-7-17(11-15)24-21(27)19-12-14-5-2-3-8-18(14)28-19/h2-8,11,16,19H,9-10,12-13,23H2,1H3,(H,24,27)(H,25,26). The van der Waals surface area contributed by atoms with Crippen LogP contribution in [0.2, 0.25) is 0 Å². The predicted molar refractivity (Wildman–Crippen MR) is 107 cm³/mol. The fourth-order valence-electron chi connectivity index (χ4n) is 3.66. The largest absolute Gasteiger partial charge is 0.480 e. The number of benzene rings is 2. The molecule has 0 saturated heterocycles. The zero-order valence-electron chi connectivity index (χ0n) is 15.9. The number of carbonyl (C=O) groups is 2. The monoisotopic (exact) mass is 379 g/mol. The molecule has 6 heteroatoms. The Balaban J connectivity index is 1.41. The van der Waals surface area contributed by atoms with Gasteiger partial charge in [0.05, 0.1) is 5.54 Å². The molecule has 2 aromatic rings. The Hall–Kier alpha value is -2.86. The highest BCUT2D eigenvalue weighted by Gasteiger charge is 2.41. The molecule has 2 aromatic carbocycles. The molecule has 2 unspecified atom stereocenters. The summed E-state index contributed by atoms with van der Waals surface area (Å²) >= 11 is 0. The van der Waals surface area contributed by atoms with Gasteiger partial charge in [-0.1, -0.05) is 24.3 Å². The molecule has 4 N–H and O–H groups in total. The molecule has 2 amide bonds. The van der Waals surface area contributed by atoms with E-state index in [4.69, 9.17) is 10.5 Å². The topological polar surface area (TPSA) is 93.5 Å². The van der Waals surface area contributed by atoms with E-state index >= 15 is 0 Å². The van der Waals surface area contributed by atoms with Crippen molar-refractivity contribution in [1.82, 2.24) is 5.32 Å². The summed E-state index contributed by atoms with van der Waals surface area (Å²) in [7, 11) is 0. The van der Waals surface area contributed by atoms with E-state index in [2.05, 4.69) is 10.6 Å². The molecule has 4 rings (SSSR count). The molecule has 1 fully saturated rings. The molecule has 1 aliphatic carbocycles. The van der Waals surface area contributed by atoms with Crippen LogP contribution in [0.3, 0.4) is 0 Å². The summed E-state index contributed by atoms with van der Waals surface area (Å²) in [6.45, 7) is 2.39. The fourth-order valence-corrected chi connectivity index (χ4v) is 3.66. The van der Waals surface area contributed by atoms with Gasteiger partial charge in [-0.2, -0.15) is 0 Å². The number of amides is 2. The third-order valence-electron chi connectivity index (χ3n) is 5.63. The van der Waals surface area contributed by atoms with Gasteiger partial charge in [0.2, 0.25) is 0 Å². The molecule has 0 bridgehead atoms. The maximum absolute atomic E-state index is 12.7. The van der Waals surface area contributed by atoms with Gasteiger partial charge in [-0.05, 0) is 55.5 Å². The van der Waals surface area contributed by atoms with Crippen molar-refractivity contribution in [2.75, 3.05) is 11.9 Å². The number of nitrogens with two attached hydrogens (primary N) is 1. The zero-order chi connectivity index (χ0) is 19.7. The van der Waals surface area contributed by atoms with Crippen LogP contribution in [0.4, 0.5) is 5.69 Å². The minimum Gasteiger partial charge on any atom is -0.480 e. The molecule has 1 aliphatic heterocycles. The van der Waals surface area contributed by atoms with Crippen LogP contribution < -0.4 is 21.1 Å². The van der Waals surface area contributed by atoms with Crippen LogP contribution in [-0.2, 0) is 11.2 Å². The number of ether oxygens (including phenoxy) is 1. The second-order valence-electron chi connectivity index (χ2n) is 7.84. The number of para-hydroxylation sites is 1. The first-order valence-electron chi connectivity index (χ1n) is 9.66. The van der Waals surface area contributed by atoms with E-state index in [1.165, 1.54) is 0 Å². The van der Waals surface area contributed by atoms with Crippen molar-refractivity contribution in [1.29, 1.82) is 0 Å². The van der Waals surface area contributed by atoms with Crippen molar-refractivity contribution in [2.45, 2.75) is 37.8 Å². The summed E-state index contributed by atoms with van der Waals surface area (Å²) < 4.78 is 5.73. The Morgan fingerprint density at radius 1 is 1.18 bits per heavy atom. The maximum atomic E-state index is 12.7. The Morgan fingerprint density at radius 3 is 2.68 bits per heavy atom.